The van der Waals surface area contributed by atoms with Crippen LogP contribution in [-0.4, -0.2) is 39.8 Å². The van der Waals surface area contributed by atoms with Crippen LogP contribution in [0.2, 0.25) is 0 Å². The molecular weight excluding hydrogens is 306 g/mol. The second kappa shape index (κ2) is 5.98. The van der Waals surface area contributed by atoms with Gasteiger partial charge in [-0.15, -0.1) is 11.3 Å². The molecule has 1 aliphatic rings. The Morgan fingerprint density at radius 3 is 2.90 bits per heavy atom. The summed E-state index contributed by atoms with van der Waals surface area (Å²) in [6, 6.07) is 0. The van der Waals surface area contributed by atoms with Crippen LogP contribution in [0.3, 0.4) is 0 Å². The van der Waals surface area contributed by atoms with Gasteiger partial charge in [0.15, 0.2) is 0 Å². The Morgan fingerprint density at radius 2 is 2.24 bits per heavy atom. The molecule has 1 fully saturated rings. The molecule has 8 heteroatoms. The third-order valence-corrected chi connectivity index (χ3v) is 5.21. The molecular formula is C13H17N5OS2. The van der Waals surface area contributed by atoms with Crippen molar-refractivity contribution in [1.29, 1.82) is 0 Å². The van der Waals surface area contributed by atoms with Crippen molar-refractivity contribution >= 4 is 39.6 Å². The number of carbonyl (C=O) groups is 1. The Balaban J connectivity index is 1.72. The summed E-state index contributed by atoms with van der Waals surface area (Å²) in [5.41, 5.74) is 7.71. The zero-order chi connectivity index (χ0) is 14.8. The molecule has 0 saturated carbocycles. The lowest BCUT2D eigenvalue weighted by atomic mass is 10.3. The Morgan fingerprint density at radius 1 is 1.48 bits per heavy atom. The summed E-state index contributed by atoms with van der Waals surface area (Å²) in [6.07, 6.45) is 2.20. The normalized spacial score (nSPS) is 14.6. The van der Waals surface area contributed by atoms with E-state index < -0.39 is 0 Å². The van der Waals surface area contributed by atoms with E-state index in [-0.39, 0.29) is 12.5 Å². The third-order valence-electron chi connectivity index (χ3n) is 3.41. The molecule has 0 aromatic carbocycles. The lowest BCUT2D eigenvalue weighted by Crippen LogP contribution is -2.32. The first-order valence-electron chi connectivity index (χ1n) is 6.84. The van der Waals surface area contributed by atoms with Crippen molar-refractivity contribution in [1.82, 2.24) is 14.3 Å². The van der Waals surface area contributed by atoms with Crippen molar-refractivity contribution in [3.8, 4) is 10.6 Å². The second-order valence-corrected chi connectivity index (χ2v) is 6.64. The van der Waals surface area contributed by atoms with Gasteiger partial charge in [0, 0.05) is 24.2 Å². The van der Waals surface area contributed by atoms with E-state index in [4.69, 9.17) is 5.73 Å². The van der Waals surface area contributed by atoms with Gasteiger partial charge in [-0.25, -0.2) is 4.98 Å². The molecule has 1 aliphatic heterocycles. The van der Waals surface area contributed by atoms with Crippen LogP contribution in [-0.2, 0) is 4.79 Å². The van der Waals surface area contributed by atoms with E-state index in [9.17, 15) is 4.79 Å². The summed E-state index contributed by atoms with van der Waals surface area (Å²) >= 11 is 2.81. The Bertz CT molecular complexity index is 645. The number of nitrogens with two attached hydrogens (primary N) is 1. The van der Waals surface area contributed by atoms with Gasteiger partial charge in [-0.1, -0.05) is 0 Å². The van der Waals surface area contributed by atoms with Gasteiger partial charge >= 0.3 is 0 Å². The SMILES string of the molecule is Cc1csc(-c2c(N)nsc2NCC(=O)N2CCCC2)n1. The van der Waals surface area contributed by atoms with Crippen LogP contribution < -0.4 is 11.1 Å². The van der Waals surface area contributed by atoms with Crippen molar-refractivity contribution in [2.75, 3.05) is 30.7 Å². The number of nitrogen functional groups attached to an aromatic ring is 1. The highest BCUT2D eigenvalue weighted by Gasteiger charge is 2.20. The molecule has 112 valence electrons. The second-order valence-electron chi connectivity index (χ2n) is 5.01. The predicted molar refractivity (Wildman–Crippen MR) is 86.7 cm³/mol. The minimum Gasteiger partial charge on any atom is -0.382 e. The molecule has 0 spiro atoms. The van der Waals surface area contributed by atoms with Crippen LogP contribution in [0.25, 0.3) is 10.6 Å². The molecule has 2 aromatic heterocycles. The first-order valence-corrected chi connectivity index (χ1v) is 8.50. The minimum absolute atomic E-state index is 0.126. The van der Waals surface area contributed by atoms with E-state index in [0.717, 1.165) is 47.2 Å². The van der Waals surface area contributed by atoms with Gasteiger partial charge < -0.3 is 16.0 Å². The minimum atomic E-state index is 0.126. The Hall–Kier alpha value is -1.67. The van der Waals surface area contributed by atoms with Gasteiger partial charge in [0.05, 0.1) is 12.1 Å². The molecule has 3 N–H and O–H groups in total. The molecule has 2 aromatic rings. The summed E-state index contributed by atoms with van der Waals surface area (Å²) in [5.74, 6) is 0.589. The maximum absolute atomic E-state index is 12.1. The van der Waals surface area contributed by atoms with E-state index in [1.54, 1.807) is 0 Å². The number of likely N-dealkylation sites (tertiary alicyclic amines) is 1. The van der Waals surface area contributed by atoms with E-state index in [1.165, 1.54) is 22.9 Å². The number of nitrogens with zero attached hydrogens (tertiary/aromatic N) is 3. The maximum Gasteiger partial charge on any atom is 0.241 e. The number of nitrogens with one attached hydrogen (secondary N) is 1. The molecule has 0 radical (unpaired) electrons. The van der Waals surface area contributed by atoms with Crippen LogP contribution in [0.1, 0.15) is 18.5 Å². The number of carbonyl (C=O) groups excluding carboxylic acids is 1. The standard InChI is InChI=1S/C13H17N5OS2/c1-8-7-20-13(16-8)10-11(14)17-21-12(10)15-6-9(19)18-4-2-3-5-18/h7,15H,2-6H2,1H3,(H2,14,17). The fourth-order valence-electron chi connectivity index (χ4n) is 2.33. The summed E-state index contributed by atoms with van der Waals surface area (Å²) < 4.78 is 4.18. The van der Waals surface area contributed by atoms with Gasteiger partial charge in [0.25, 0.3) is 0 Å². The van der Waals surface area contributed by atoms with E-state index in [0.29, 0.717) is 5.82 Å². The van der Waals surface area contributed by atoms with Crippen molar-refractivity contribution < 1.29 is 4.79 Å². The van der Waals surface area contributed by atoms with Crippen LogP contribution in [0.4, 0.5) is 10.8 Å². The highest BCUT2D eigenvalue weighted by atomic mass is 32.1. The summed E-state index contributed by atoms with van der Waals surface area (Å²) in [4.78, 5) is 18.4. The van der Waals surface area contributed by atoms with Crippen molar-refractivity contribution in [2.45, 2.75) is 19.8 Å². The monoisotopic (exact) mass is 323 g/mol. The summed E-state index contributed by atoms with van der Waals surface area (Å²) in [6.45, 7) is 3.95. The Kier molecular flexibility index (Phi) is 4.07. The highest BCUT2D eigenvalue weighted by molar-refractivity contribution is 7.15. The molecule has 0 bridgehead atoms. The molecule has 6 nitrogen and oxygen atoms in total. The molecule has 0 unspecified atom stereocenters. The lowest BCUT2D eigenvalue weighted by molar-refractivity contribution is -0.128. The van der Waals surface area contributed by atoms with Gasteiger partial charge in [0.1, 0.15) is 15.8 Å². The number of rotatable bonds is 4. The summed E-state index contributed by atoms with van der Waals surface area (Å²) in [7, 11) is 0. The van der Waals surface area contributed by atoms with Gasteiger partial charge in [-0.05, 0) is 31.3 Å². The maximum atomic E-state index is 12.1. The molecule has 0 aliphatic carbocycles. The van der Waals surface area contributed by atoms with Crippen molar-refractivity contribution in [3.05, 3.63) is 11.1 Å². The van der Waals surface area contributed by atoms with Crippen molar-refractivity contribution in [3.63, 3.8) is 0 Å². The quantitative estimate of drug-likeness (QED) is 0.901. The summed E-state index contributed by atoms with van der Waals surface area (Å²) in [5, 5.41) is 6.80. The smallest absolute Gasteiger partial charge is 0.241 e. The van der Waals surface area contributed by atoms with E-state index in [1.807, 2.05) is 17.2 Å². The third kappa shape index (κ3) is 3.01. The first kappa shape index (κ1) is 14.3. The highest BCUT2D eigenvalue weighted by Crippen LogP contribution is 2.38. The lowest BCUT2D eigenvalue weighted by Gasteiger charge is -2.15. The van der Waals surface area contributed by atoms with Crippen LogP contribution in [0.5, 0.6) is 0 Å². The number of aromatic nitrogens is 2. The average Bonchev–Trinajstić information content (AvgIpc) is 3.17. The first-order chi connectivity index (χ1) is 10.1. The van der Waals surface area contributed by atoms with Crippen LogP contribution in [0.15, 0.2) is 5.38 Å². The van der Waals surface area contributed by atoms with Crippen molar-refractivity contribution in [2.24, 2.45) is 0 Å². The number of thiazole rings is 1. The average molecular weight is 323 g/mol. The molecule has 0 atom stereocenters. The van der Waals surface area contributed by atoms with Crippen LogP contribution >= 0.6 is 22.9 Å². The van der Waals surface area contributed by atoms with Crippen LogP contribution in [0, 0.1) is 6.92 Å². The van der Waals surface area contributed by atoms with E-state index >= 15 is 0 Å². The van der Waals surface area contributed by atoms with Gasteiger partial charge in [-0.3, -0.25) is 4.79 Å². The molecule has 1 amide bonds. The number of anilines is 2. The fourth-order valence-corrected chi connectivity index (χ4v) is 3.96. The topological polar surface area (TPSA) is 84.1 Å². The number of hydrogen-bond acceptors (Lipinski definition) is 7. The van der Waals surface area contributed by atoms with Gasteiger partial charge in [-0.2, -0.15) is 4.37 Å². The Labute approximate surface area is 131 Å². The predicted octanol–water partition coefficient (Wildman–Crippen LogP) is 2.19. The zero-order valence-corrected chi connectivity index (χ0v) is 13.4. The molecule has 3 rings (SSSR count). The number of aryl methyl sites for hydroxylation is 1. The molecule has 21 heavy (non-hydrogen) atoms. The van der Waals surface area contributed by atoms with Gasteiger partial charge in [0.2, 0.25) is 5.91 Å². The fraction of sp³-hybridized carbons (Fsp3) is 0.462. The number of hydrogen-bond donors (Lipinski definition) is 2. The number of amides is 1. The largest absolute Gasteiger partial charge is 0.382 e. The van der Waals surface area contributed by atoms with E-state index in [2.05, 4.69) is 14.7 Å². The molecule has 3 heterocycles. The molecule has 1 saturated heterocycles. The zero-order valence-electron chi connectivity index (χ0n) is 11.8.